The van der Waals surface area contributed by atoms with Crippen molar-refractivity contribution in [1.29, 1.82) is 0 Å². The van der Waals surface area contributed by atoms with Crippen LogP contribution in [0.1, 0.15) is 44.9 Å². The van der Waals surface area contributed by atoms with Gasteiger partial charge in [0, 0.05) is 39.2 Å². The molecule has 7 heteroatoms. The van der Waals surface area contributed by atoms with Crippen LogP contribution in [-0.2, 0) is 16.6 Å². The number of carbonyl (C=O) groups is 1. The first kappa shape index (κ1) is 18.9. The first-order valence-corrected chi connectivity index (χ1v) is 9.78. The molecule has 7 nitrogen and oxygen atoms in total. The summed E-state index contributed by atoms with van der Waals surface area (Å²) in [6, 6.07) is 1.61. The van der Waals surface area contributed by atoms with E-state index in [1.165, 1.54) is 30.4 Å². The molecule has 1 aliphatic carbocycles. The number of morpholine rings is 1. The van der Waals surface area contributed by atoms with Gasteiger partial charge >= 0.3 is 0 Å². The summed E-state index contributed by atoms with van der Waals surface area (Å²) in [5.41, 5.74) is 0.724. The van der Waals surface area contributed by atoms with Gasteiger partial charge in [-0.1, -0.05) is 25.7 Å². The number of nitrogens with zero attached hydrogens (tertiary/aromatic N) is 3. The Balaban J connectivity index is 1.38. The Kier molecular flexibility index (Phi) is 6.66. The number of ether oxygens (including phenoxy) is 1. The fourth-order valence-electron chi connectivity index (χ4n) is 3.86. The highest BCUT2D eigenvalue weighted by Crippen LogP contribution is 2.28. The van der Waals surface area contributed by atoms with Gasteiger partial charge in [-0.25, -0.2) is 4.68 Å². The molecule has 2 fully saturated rings. The quantitative estimate of drug-likeness (QED) is 0.795. The highest BCUT2D eigenvalue weighted by molar-refractivity contribution is 5.75. The maximum Gasteiger partial charge on any atom is 0.268 e. The number of hydrogen-bond acceptors (Lipinski definition) is 5. The number of aryl methyl sites for hydroxylation is 1. The van der Waals surface area contributed by atoms with E-state index in [2.05, 4.69) is 15.3 Å². The summed E-state index contributed by atoms with van der Waals surface area (Å²) < 4.78 is 7.13. The molecule has 1 aromatic heterocycles. The normalized spacial score (nSPS) is 21.1. The Morgan fingerprint density at radius 3 is 2.92 bits per heavy atom. The van der Waals surface area contributed by atoms with Crippen LogP contribution in [0.15, 0.2) is 17.1 Å². The summed E-state index contributed by atoms with van der Waals surface area (Å²) in [5, 5.41) is 7.10. The van der Waals surface area contributed by atoms with E-state index < -0.39 is 0 Å². The average Bonchev–Trinajstić information content (AvgIpc) is 3.16. The van der Waals surface area contributed by atoms with Crippen LogP contribution in [-0.4, -0.2) is 48.0 Å². The summed E-state index contributed by atoms with van der Waals surface area (Å²) in [6.07, 6.45) is 9.45. The van der Waals surface area contributed by atoms with Crippen molar-refractivity contribution in [1.82, 2.24) is 15.1 Å². The van der Waals surface area contributed by atoms with Gasteiger partial charge in [-0.3, -0.25) is 9.59 Å². The van der Waals surface area contributed by atoms with Crippen LogP contribution in [0.3, 0.4) is 0 Å². The second-order valence-electron chi connectivity index (χ2n) is 7.44. The molecule has 0 aromatic carbocycles. The van der Waals surface area contributed by atoms with Gasteiger partial charge < -0.3 is 15.0 Å². The van der Waals surface area contributed by atoms with E-state index in [1.807, 2.05) is 0 Å². The maximum absolute atomic E-state index is 12.0. The Morgan fingerprint density at radius 2 is 2.15 bits per heavy atom. The number of anilines is 1. The zero-order chi connectivity index (χ0) is 18.4. The molecule has 1 atom stereocenters. The Morgan fingerprint density at radius 1 is 1.35 bits per heavy atom. The summed E-state index contributed by atoms with van der Waals surface area (Å²) in [7, 11) is 1.64. The summed E-state index contributed by atoms with van der Waals surface area (Å²) >= 11 is 0. The van der Waals surface area contributed by atoms with Gasteiger partial charge in [-0.2, -0.15) is 5.10 Å². The van der Waals surface area contributed by atoms with Gasteiger partial charge in [0.1, 0.15) is 0 Å². The lowest BCUT2D eigenvalue weighted by Gasteiger charge is -2.34. The van der Waals surface area contributed by atoms with E-state index in [4.69, 9.17) is 4.74 Å². The third-order valence-electron chi connectivity index (χ3n) is 5.50. The highest BCUT2D eigenvalue weighted by Gasteiger charge is 2.21. The van der Waals surface area contributed by atoms with Gasteiger partial charge in [-0.15, -0.1) is 0 Å². The third-order valence-corrected chi connectivity index (χ3v) is 5.50. The summed E-state index contributed by atoms with van der Waals surface area (Å²) in [6.45, 7) is 2.72. The van der Waals surface area contributed by atoms with Crippen molar-refractivity contribution in [2.45, 2.75) is 51.0 Å². The van der Waals surface area contributed by atoms with E-state index >= 15 is 0 Å². The second kappa shape index (κ2) is 9.16. The lowest BCUT2D eigenvalue weighted by Crippen LogP contribution is -2.44. The Bertz CT molecular complexity index is 654. The summed E-state index contributed by atoms with van der Waals surface area (Å²) in [5.74, 6) is 0.906. The average molecular weight is 362 g/mol. The molecule has 144 valence electrons. The van der Waals surface area contributed by atoms with Crippen LogP contribution in [0, 0.1) is 5.92 Å². The van der Waals surface area contributed by atoms with E-state index in [0.717, 1.165) is 31.0 Å². The number of nitrogens with one attached hydrogen (secondary N) is 1. The molecule has 3 rings (SSSR count). The van der Waals surface area contributed by atoms with E-state index in [0.29, 0.717) is 26.1 Å². The summed E-state index contributed by atoms with van der Waals surface area (Å²) in [4.78, 5) is 25.9. The maximum atomic E-state index is 12.0. The van der Waals surface area contributed by atoms with Crippen molar-refractivity contribution in [2.75, 3.05) is 31.1 Å². The van der Waals surface area contributed by atoms with Gasteiger partial charge in [0.25, 0.3) is 5.56 Å². The molecule has 1 unspecified atom stereocenters. The SMILES string of the molecule is Cn1ncc(N2CCOC(CCNC(=O)CCC3CCCC3)C2)cc1=O. The van der Waals surface area contributed by atoms with Gasteiger partial charge in [0.2, 0.25) is 5.91 Å². The molecule has 0 spiro atoms. The van der Waals surface area contributed by atoms with Crippen LogP contribution in [0.2, 0.25) is 0 Å². The van der Waals surface area contributed by atoms with E-state index in [9.17, 15) is 9.59 Å². The van der Waals surface area contributed by atoms with Gasteiger partial charge in [0.05, 0.1) is 24.6 Å². The van der Waals surface area contributed by atoms with Crippen molar-refractivity contribution in [3.8, 4) is 0 Å². The second-order valence-corrected chi connectivity index (χ2v) is 7.44. The Labute approximate surface area is 154 Å². The molecule has 1 saturated heterocycles. The van der Waals surface area contributed by atoms with Crippen molar-refractivity contribution >= 4 is 11.6 Å². The highest BCUT2D eigenvalue weighted by atomic mass is 16.5. The molecule has 0 bridgehead atoms. The van der Waals surface area contributed by atoms with Crippen molar-refractivity contribution in [3.63, 3.8) is 0 Å². The minimum Gasteiger partial charge on any atom is -0.374 e. The molecule has 2 aliphatic rings. The number of rotatable bonds is 7. The van der Waals surface area contributed by atoms with Crippen LogP contribution >= 0.6 is 0 Å². The fourth-order valence-corrected chi connectivity index (χ4v) is 3.86. The van der Waals surface area contributed by atoms with Gasteiger partial charge in [0.15, 0.2) is 0 Å². The van der Waals surface area contributed by atoms with Crippen LogP contribution in [0.5, 0.6) is 0 Å². The molecule has 1 aliphatic heterocycles. The smallest absolute Gasteiger partial charge is 0.268 e. The van der Waals surface area contributed by atoms with Crippen LogP contribution < -0.4 is 15.8 Å². The molecule has 1 saturated carbocycles. The molecular weight excluding hydrogens is 332 g/mol. The Hall–Kier alpha value is -1.89. The molecule has 2 heterocycles. The predicted octanol–water partition coefficient (Wildman–Crippen LogP) is 1.46. The predicted molar refractivity (Wildman–Crippen MR) is 100 cm³/mol. The van der Waals surface area contributed by atoms with E-state index in [-0.39, 0.29) is 17.6 Å². The first-order valence-electron chi connectivity index (χ1n) is 9.78. The molecule has 1 aromatic rings. The number of carbonyl (C=O) groups excluding carboxylic acids is 1. The van der Waals surface area contributed by atoms with Crippen molar-refractivity contribution in [3.05, 3.63) is 22.6 Å². The number of hydrogen-bond donors (Lipinski definition) is 1. The molecular formula is C19H30N4O3. The fraction of sp³-hybridized carbons (Fsp3) is 0.737. The molecule has 0 radical (unpaired) electrons. The van der Waals surface area contributed by atoms with Crippen LogP contribution in [0.25, 0.3) is 0 Å². The first-order chi connectivity index (χ1) is 12.6. The minimum absolute atomic E-state index is 0.0583. The zero-order valence-corrected chi connectivity index (χ0v) is 15.7. The van der Waals surface area contributed by atoms with Crippen LogP contribution in [0.4, 0.5) is 5.69 Å². The zero-order valence-electron chi connectivity index (χ0n) is 15.7. The van der Waals surface area contributed by atoms with Gasteiger partial charge in [-0.05, 0) is 18.8 Å². The molecule has 1 N–H and O–H groups in total. The van der Waals surface area contributed by atoms with Crippen molar-refractivity contribution < 1.29 is 9.53 Å². The lowest BCUT2D eigenvalue weighted by atomic mass is 10.0. The molecule has 26 heavy (non-hydrogen) atoms. The minimum atomic E-state index is -0.111. The number of amides is 1. The number of aromatic nitrogens is 2. The van der Waals surface area contributed by atoms with Crippen molar-refractivity contribution in [2.24, 2.45) is 13.0 Å². The topological polar surface area (TPSA) is 76.5 Å². The monoisotopic (exact) mass is 362 g/mol. The standard InChI is InChI=1S/C19H30N4O3/c1-22-19(25)12-16(13-21-22)23-10-11-26-17(14-23)8-9-20-18(24)7-6-15-4-2-3-5-15/h12-13,15,17H,2-11,14H2,1H3,(H,20,24). The lowest BCUT2D eigenvalue weighted by molar-refractivity contribution is -0.121. The van der Waals surface area contributed by atoms with E-state index in [1.54, 1.807) is 19.3 Å². The molecule has 1 amide bonds. The largest absolute Gasteiger partial charge is 0.374 e. The third kappa shape index (κ3) is 5.30.